The summed E-state index contributed by atoms with van der Waals surface area (Å²) >= 11 is 0. The number of hydrogen-bond donors (Lipinski definition) is 1. The Kier molecular flexibility index (Phi) is 4.95. The maximum Gasteiger partial charge on any atom is 0.327 e. The Morgan fingerprint density at radius 1 is 1.20 bits per heavy atom. The standard InChI is InChI=1S/C16H23F2N3O4/c1-19-14(23)10-6-13(22)21(7-10)12-8-20(9-12)15(24)16(17,18)11-2-4-25-5-3-11/h10-12H,2-9H2,1H3,(H,19,23). The van der Waals surface area contributed by atoms with Crippen molar-refractivity contribution in [1.82, 2.24) is 15.1 Å². The van der Waals surface area contributed by atoms with Crippen LogP contribution in [0.4, 0.5) is 8.78 Å². The fourth-order valence-corrected chi connectivity index (χ4v) is 3.73. The maximum atomic E-state index is 14.4. The zero-order chi connectivity index (χ0) is 18.2. The molecule has 1 atom stereocenters. The van der Waals surface area contributed by atoms with Crippen molar-refractivity contribution in [2.45, 2.75) is 31.2 Å². The number of carbonyl (C=O) groups excluding carboxylic acids is 3. The second kappa shape index (κ2) is 6.86. The van der Waals surface area contributed by atoms with Crippen LogP contribution in [0.5, 0.6) is 0 Å². The molecule has 0 bridgehead atoms. The van der Waals surface area contributed by atoms with Crippen molar-refractivity contribution in [2.75, 3.05) is 39.9 Å². The molecule has 1 N–H and O–H groups in total. The van der Waals surface area contributed by atoms with Crippen LogP contribution >= 0.6 is 0 Å². The Labute approximate surface area is 144 Å². The first-order chi connectivity index (χ1) is 11.8. The number of alkyl halides is 2. The van der Waals surface area contributed by atoms with Gasteiger partial charge in [0.05, 0.1) is 12.0 Å². The van der Waals surface area contributed by atoms with Gasteiger partial charge in [0.25, 0.3) is 5.91 Å². The molecule has 3 aliphatic rings. The molecule has 3 amide bonds. The van der Waals surface area contributed by atoms with Gasteiger partial charge < -0.3 is 19.9 Å². The second-order valence-electron chi connectivity index (χ2n) is 6.93. The number of halogens is 2. The van der Waals surface area contributed by atoms with Crippen LogP contribution in [0, 0.1) is 11.8 Å². The minimum absolute atomic E-state index is 0.101. The molecule has 3 fully saturated rings. The number of ether oxygens (including phenoxy) is 1. The topological polar surface area (TPSA) is 79.0 Å². The van der Waals surface area contributed by atoms with E-state index in [1.807, 2.05) is 0 Å². The molecular weight excluding hydrogens is 336 g/mol. The molecule has 0 aromatic carbocycles. The summed E-state index contributed by atoms with van der Waals surface area (Å²) in [7, 11) is 1.51. The lowest BCUT2D eigenvalue weighted by Gasteiger charge is -2.46. The van der Waals surface area contributed by atoms with E-state index in [2.05, 4.69) is 5.32 Å². The van der Waals surface area contributed by atoms with Crippen molar-refractivity contribution < 1.29 is 27.9 Å². The van der Waals surface area contributed by atoms with Gasteiger partial charge in [-0.15, -0.1) is 0 Å². The number of likely N-dealkylation sites (tertiary alicyclic amines) is 2. The molecule has 7 nitrogen and oxygen atoms in total. The van der Waals surface area contributed by atoms with Crippen molar-refractivity contribution in [2.24, 2.45) is 11.8 Å². The van der Waals surface area contributed by atoms with Crippen LogP contribution < -0.4 is 5.32 Å². The second-order valence-corrected chi connectivity index (χ2v) is 6.93. The largest absolute Gasteiger partial charge is 0.381 e. The zero-order valence-electron chi connectivity index (χ0n) is 14.2. The van der Waals surface area contributed by atoms with E-state index in [1.165, 1.54) is 11.9 Å². The number of amides is 3. The molecule has 140 valence electrons. The maximum absolute atomic E-state index is 14.4. The highest BCUT2D eigenvalue weighted by Gasteiger charge is 2.53. The number of nitrogens with one attached hydrogen (secondary N) is 1. The summed E-state index contributed by atoms with van der Waals surface area (Å²) in [6.07, 6.45) is 0.477. The number of carbonyl (C=O) groups is 3. The van der Waals surface area contributed by atoms with Gasteiger partial charge in [-0.1, -0.05) is 0 Å². The van der Waals surface area contributed by atoms with Gasteiger partial charge in [0.15, 0.2) is 0 Å². The highest BCUT2D eigenvalue weighted by molar-refractivity contribution is 5.90. The smallest absolute Gasteiger partial charge is 0.327 e. The minimum Gasteiger partial charge on any atom is -0.381 e. The molecule has 0 aliphatic carbocycles. The average molecular weight is 359 g/mol. The highest BCUT2D eigenvalue weighted by atomic mass is 19.3. The van der Waals surface area contributed by atoms with E-state index in [9.17, 15) is 23.2 Å². The van der Waals surface area contributed by atoms with E-state index in [0.29, 0.717) is 0 Å². The lowest BCUT2D eigenvalue weighted by atomic mass is 9.91. The normalized spacial score (nSPS) is 25.9. The van der Waals surface area contributed by atoms with Crippen LogP contribution in [0.25, 0.3) is 0 Å². The van der Waals surface area contributed by atoms with Crippen LogP contribution in [-0.2, 0) is 19.1 Å². The van der Waals surface area contributed by atoms with E-state index >= 15 is 0 Å². The average Bonchev–Trinajstić information content (AvgIpc) is 2.95. The molecule has 25 heavy (non-hydrogen) atoms. The molecule has 0 saturated carbocycles. The molecule has 9 heteroatoms. The number of rotatable bonds is 4. The molecular formula is C16H23F2N3O4. The SMILES string of the molecule is CNC(=O)C1CC(=O)N(C2CN(C(=O)C(F)(F)C3CCOCC3)C2)C1. The number of nitrogens with zero attached hydrogens (tertiary/aromatic N) is 2. The Morgan fingerprint density at radius 2 is 1.84 bits per heavy atom. The predicted molar refractivity (Wildman–Crippen MR) is 82.7 cm³/mol. The summed E-state index contributed by atoms with van der Waals surface area (Å²) in [5.41, 5.74) is 0. The Balaban J connectivity index is 1.54. The predicted octanol–water partition coefficient (Wildman–Crippen LogP) is -0.146. The van der Waals surface area contributed by atoms with Crippen molar-refractivity contribution in [3.8, 4) is 0 Å². The van der Waals surface area contributed by atoms with Gasteiger partial charge in [-0.2, -0.15) is 8.78 Å². The zero-order valence-corrected chi connectivity index (χ0v) is 14.2. The lowest BCUT2D eigenvalue weighted by Crippen LogP contribution is -2.65. The lowest BCUT2D eigenvalue weighted by molar-refractivity contribution is -0.179. The Morgan fingerprint density at radius 3 is 2.44 bits per heavy atom. The van der Waals surface area contributed by atoms with E-state index < -0.39 is 23.7 Å². The van der Waals surface area contributed by atoms with Crippen LogP contribution in [-0.4, -0.2) is 79.4 Å². The summed E-state index contributed by atoms with van der Waals surface area (Å²) in [5, 5.41) is 2.51. The Bertz CT molecular complexity index is 560. The summed E-state index contributed by atoms with van der Waals surface area (Å²) < 4.78 is 33.9. The Hall–Kier alpha value is -1.77. The third-order valence-corrected chi connectivity index (χ3v) is 5.39. The van der Waals surface area contributed by atoms with Gasteiger partial charge in [0, 0.05) is 52.2 Å². The van der Waals surface area contributed by atoms with Crippen molar-refractivity contribution in [3.05, 3.63) is 0 Å². The molecule has 3 heterocycles. The number of hydrogen-bond acceptors (Lipinski definition) is 4. The fraction of sp³-hybridized carbons (Fsp3) is 0.812. The van der Waals surface area contributed by atoms with Crippen LogP contribution in [0.2, 0.25) is 0 Å². The monoisotopic (exact) mass is 359 g/mol. The van der Waals surface area contributed by atoms with Crippen LogP contribution in [0.1, 0.15) is 19.3 Å². The summed E-state index contributed by atoms with van der Waals surface area (Å²) in [4.78, 5) is 38.5. The van der Waals surface area contributed by atoms with Gasteiger partial charge in [-0.25, -0.2) is 0 Å². The molecule has 3 aliphatic heterocycles. The third kappa shape index (κ3) is 3.33. The van der Waals surface area contributed by atoms with E-state index in [0.717, 1.165) is 4.90 Å². The fourth-order valence-electron chi connectivity index (χ4n) is 3.73. The van der Waals surface area contributed by atoms with Gasteiger partial charge in [-0.3, -0.25) is 14.4 Å². The molecule has 1 unspecified atom stereocenters. The summed E-state index contributed by atoms with van der Waals surface area (Å²) in [5.74, 6) is -6.32. The van der Waals surface area contributed by atoms with Crippen molar-refractivity contribution >= 4 is 17.7 Å². The van der Waals surface area contributed by atoms with Gasteiger partial charge in [-0.05, 0) is 12.8 Å². The molecule has 0 radical (unpaired) electrons. The first-order valence-corrected chi connectivity index (χ1v) is 8.60. The van der Waals surface area contributed by atoms with Crippen molar-refractivity contribution in [3.63, 3.8) is 0 Å². The molecule has 3 rings (SSSR count). The molecule has 0 aromatic heterocycles. The summed E-state index contributed by atoms with van der Waals surface area (Å²) in [6.45, 7) is 0.980. The van der Waals surface area contributed by atoms with E-state index in [1.54, 1.807) is 0 Å². The molecule has 0 aromatic rings. The van der Waals surface area contributed by atoms with E-state index in [-0.39, 0.29) is 70.0 Å². The van der Waals surface area contributed by atoms with Gasteiger partial charge in [0.2, 0.25) is 11.8 Å². The van der Waals surface area contributed by atoms with Crippen LogP contribution in [0.3, 0.4) is 0 Å². The molecule has 0 spiro atoms. The van der Waals surface area contributed by atoms with Crippen molar-refractivity contribution in [1.29, 1.82) is 0 Å². The minimum atomic E-state index is -3.39. The van der Waals surface area contributed by atoms with Crippen LogP contribution in [0.15, 0.2) is 0 Å². The first-order valence-electron chi connectivity index (χ1n) is 8.60. The third-order valence-electron chi connectivity index (χ3n) is 5.39. The summed E-state index contributed by atoms with van der Waals surface area (Å²) in [6, 6.07) is -0.281. The highest BCUT2D eigenvalue weighted by Crippen LogP contribution is 2.36. The van der Waals surface area contributed by atoms with Gasteiger partial charge in [0.1, 0.15) is 0 Å². The quantitative estimate of drug-likeness (QED) is 0.757. The molecule has 3 saturated heterocycles. The first kappa shape index (κ1) is 18.0. The van der Waals surface area contributed by atoms with E-state index in [4.69, 9.17) is 4.74 Å². The van der Waals surface area contributed by atoms with Gasteiger partial charge >= 0.3 is 5.92 Å².